The summed E-state index contributed by atoms with van der Waals surface area (Å²) in [6, 6.07) is 1.28. The number of nitrogens with one attached hydrogen (secondary N) is 1. The Bertz CT molecular complexity index is 251. The number of nitrogens with zero attached hydrogens (tertiary/aromatic N) is 1. The minimum Gasteiger partial charge on any atom is -0.481 e. The van der Waals surface area contributed by atoms with Gasteiger partial charge in [0.1, 0.15) is 0 Å². The van der Waals surface area contributed by atoms with Gasteiger partial charge in [-0.1, -0.05) is 12.8 Å². The van der Waals surface area contributed by atoms with Crippen molar-refractivity contribution in [2.24, 2.45) is 0 Å². The molecule has 4 heteroatoms. The van der Waals surface area contributed by atoms with Crippen LogP contribution in [0, 0.1) is 0 Å². The highest BCUT2D eigenvalue weighted by molar-refractivity contribution is 5.67. The molecular weight excluding hydrogens is 204 g/mol. The van der Waals surface area contributed by atoms with Crippen molar-refractivity contribution in [2.45, 2.75) is 57.2 Å². The molecular formula is C12H22N2O2. The molecule has 0 aromatic rings. The van der Waals surface area contributed by atoms with Crippen molar-refractivity contribution in [3.63, 3.8) is 0 Å². The second kappa shape index (κ2) is 5.15. The van der Waals surface area contributed by atoms with E-state index in [0.717, 1.165) is 13.1 Å². The van der Waals surface area contributed by atoms with Crippen molar-refractivity contribution in [2.75, 3.05) is 13.1 Å². The molecule has 1 heterocycles. The first-order valence-electron chi connectivity index (χ1n) is 6.38. The number of rotatable bonds is 3. The molecule has 0 spiro atoms. The van der Waals surface area contributed by atoms with Gasteiger partial charge in [0.25, 0.3) is 0 Å². The van der Waals surface area contributed by atoms with Gasteiger partial charge >= 0.3 is 5.97 Å². The van der Waals surface area contributed by atoms with E-state index >= 15 is 0 Å². The Hall–Kier alpha value is -0.610. The minimum absolute atomic E-state index is 0.185. The monoisotopic (exact) mass is 226 g/mol. The summed E-state index contributed by atoms with van der Waals surface area (Å²) >= 11 is 0. The van der Waals surface area contributed by atoms with Gasteiger partial charge in [0.2, 0.25) is 0 Å². The minimum atomic E-state index is -0.677. The van der Waals surface area contributed by atoms with Gasteiger partial charge in [-0.3, -0.25) is 9.69 Å². The quantitative estimate of drug-likeness (QED) is 0.755. The molecule has 2 rings (SSSR count). The first kappa shape index (κ1) is 11.9. The molecule has 2 fully saturated rings. The van der Waals surface area contributed by atoms with Gasteiger partial charge in [-0.15, -0.1) is 0 Å². The molecule has 1 saturated carbocycles. The number of hydrogen-bond donors (Lipinski definition) is 2. The molecule has 1 aliphatic heterocycles. The van der Waals surface area contributed by atoms with E-state index in [1.807, 2.05) is 0 Å². The SMILES string of the molecule is CC1CNCC(CC(=O)O)N1C1CCCC1. The molecule has 2 unspecified atom stereocenters. The highest BCUT2D eigenvalue weighted by Crippen LogP contribution is 2.28. The third-order valence-corrected chi connectivity index (χ3v) is 3.91. The van der Waals surface area contributed by atoms with E-state index in [9.17, 15) is 4.79 Å². The van der Waals surface area contributed by atoms with Crippen LogP contribution in [-0.2, 0) is 4.79 Å². The predicted octanol–water partition coefficient (Wildman–Crippen LogP) is 1.07. The third-order valence-electron chi connectivity index (χ3n) is 3.91. The van der Waals surface area contributed by atoms with E-state index < -0.39 is 5.97 Å². The Morgan fingerprint density at radius 3 is 2.69 bits per heavy atom. The van der Waals surface area contributed by atoms with Crippen LogP contribution in [0.25, 0.3) is 0 Å². The summed E-state index contributed by atoms with van der Waals surface area (Å²) in [7, 11) is 0. The Labute approximate surface area is 97.0 Å². The van der Waals surface area contributed by atoms with Gasteiger partial charge in [0.05, 0.1) is 6.42 Å². The Kier molecular flexibility index (Phi) is 3.82. The second-order valence-electron chi connectivity index (χ2n) is 5.14. The highest BCUT2D eigenvalue weighted by atomic mass is 16.4. The van der Waals surface area contributed by atoms with E-state index in [1.165, 1.54) is 25.7 Å². The lowest BCUT2D eigenvalue weighted by Gasteiger charge is -2.44. The van der Waals surface area contributed by atoms with Crippen LogP contribution in [0.15, 0.2) is 0 Å². The molecule has 0 amide bonds. The molecule has 16 heavy (non-hydrogen) atoms. The lowest BCUT2D eigenvalue weighted by molar-refractivity contribution is -0.139. The van der Waals surface area contributed by atoms with Crippen molar-refractivity contribution < 1.29 is 9.90 Å². The molecule has 92 valence electrons. The smallest absolute Gasteiger partial charge is 0.304 e. The molecule has 0 aromatic heterocycles. The van der Waals surface area contributed by atoms with Crippen LogP contribution in [-0.4, -0.2) is 47.2 Å². The summed E-state index contributed by atoms with van der Waals surface area (Å²) in [4.78, 5) is 13.4. The first-order valence-corrected chi connectivity index (χ1v) is 6.38. The van der Waals surface area contributed by atoms with Gasteiger partial charge in [0.15, 0.2) is 0 Å². The van der Waals surface area contributed by atoms with Gasteiger partial charge in [-0.05, 0) is 19.8 Å². The van der Waals surface area contributed by atoms with Crippen LogP contribution in [0.5, 0.6) is 0 Å². The summed E-state index contributed by atoms with van der Waals surface area (Å²) in [5.74, 6) is -0.677. The fraction of sp³-hybridized carbons (Fsp3) is 0.917. The zero-order chi connectivity index (χ0) is 11.5. The molecule has 0 aromatic carbocycles. The highest BCUT2D eigenvalue weighted by Gasteiger charge is 2.35. The topological polar surface area (TPSA) is 52.6 Å². The van der Waals surface area contributed by atoms with Crippen LogP contribution < -0.4 is 5.32 Å². The number of carboxylic acid groups (broad SMARTS) is 1. The van der Waals surface area contributed by atoms with Gasteiger partial charge in [-0.25, -0.2) is 0 Å². The predicted molar refractivity (Wildman–Crippen MR) is 62.5 cm³/mol. The van der Waals surface area contributed by atoms with Gasteiger partial charge < -0.3 is 10.4 Å². The summed E-state index contributed by atoms with van der Waals surface area (Å²) in [5, 5.41) is 12.3. The number of piperazine rings is 1. The number of carbonyl (C=O) groups is 1. The Balaban J connectivity index is 2.04. The van der Waals surface area contributed by atoms with Crippen molar-refractivity contribution in [3.05, 3.63) is 0 Å². The van der Waals surface area contributed by atoms with Crippen LogP contribution in [0.3, 0.4) is 0 Å². The number of hydrogen-bond acceptors (Lipinski definition) is 3. The fourth-order valence-electron chi connectivity index (χ4n) is 3.27. The zero-order valence-corrected chi connectivity index (χ0v) is 9.98. The molecule has 0 bridgehead atoms. The molecule has 0 radical (unpaired) electrons. The zero-order valence-electron chi connectivity index (χ0n) is 9.98. The number of carboxylic acids is 1. The van der Waals surface area contributed by atoms with Crippen molar-refractivity contribution in [1.82, 2.24) is 10.2 Å². The molecule has 2 aliphatic rings. The summed E-state index contributed by atoms with van der Waals surface area (Å²) in [6.45, 7) is 4.03. The van der Waals surface area contributed by atoms with Crippen molar-refractivity contribution in [1.29, 1.82) is 0 Å². The molecule has 2 atom stereocenters. The second-order valence-corrected chi connectivity index (χ2v) is 5.14. The van der Waals surface area contributed by atoms with E-state index in [-0.39, 0.29) is 12.5 Å². The van der Waals surface area contributed by atoms with Crippen molar-refractivity contribution in [3.8, 4) is 0 Å². The lowest BCUT2D eigenvalue weighted by atomic mass is 10.0. The summed E-state index contributed by atoms with van der Waals surface area (Å²) < 4.78 is 0. The maximum absolute atomic E-state index is 10.9. The maximum atomic E-state index is 10.9. The van der Waals surface area contributed by atoms with Crippen LogP contribution >= 0.6 is 0 Å². The lowest BCUT2D eigenvalue weighted by Crippen LogP contribution is -2.59. The molecule has 1 aliphatic carbocycles. The first-order chi connectivity index (χ1) is 7.68. The Morgan fingerprint density at radius 2 is 2.06 bits per heavy atom. The fourth-order valence-corrected chi connectivity index (χ4v) is 3.27. The van der Waals surface area contributed by atoms with E-state index in [2.05, 4.69) is 17.1 Å². The summed E-state index contributed by atoms with van der Waals surface area (Å²) in [6.07, 6.45) is 5.39. The van der Waals surface area contributed by atoms with E-state index in [0.29, 0.717) is 12.1 Å². The van der Waals surface area contributed by atoms with Gasteiger partial charge in [0, 0.05) is 31.2 Å². The van der Waals surface area contributed by atoms with Crippen LogP contribution in [0.4, 0.5) is 0 Å². The van der Waals surface area contributed by atoms with Crippen molar-refractivity contribution >= 4 is 5.97 Å². The Morgan fingerprint density at radius 1 is 1.38 bits per heavy atom. The van der Waals surface area contributed by atoms with E-state index in [1.54, 1.807) is 0 Å². The average Bonchev–Trinajstić information content (AvgIpc) is 2.69. The molecule has 2 N–H and O–H groups in total. The number of aliphatic carboxylic acids is 1. The maximum Gasteiger partial charge on any atom is 0.304 e. The average molecular weight is 226 g/mol. The van der Waals surface area contributed by atoms with E-state index in [4.69, 9.17) is 5.11 Å². The standard InChI is InChI=1S/C12H22N2O2/c1-9-7-13-8-11(6-12(15)16)14(9)10-4-2-3-5-10/h9-11,13H,2-8H2,1H3,(H,15,16). The van der Waals surface area contributed by atoms with Gasteiger partial charge in [-0.2, -0.15) is 0 Å². The van der Waals surface area contributed by atoms with Crippen LogP contribution in [0.1, 0.15) is 39.0 Å². The molecule has 4 nitrogen and oxygen atoms in total. The largest absolute Gasteiger partial charge is 0.481 e. The normalized spacial score (nSPS) is 33.1. The third kappa shape index (κ3) is 2.55. The van der Waals surface area contributed by atoms with Crippen LogP contribution in [0.2, 0.25) is 0 Å². The summed E-state index contributed by atoms with van der Waals surface area (Å²) in [5.41, 5.74) is 0. The molecule has 1 saturated heterocycles.